The third kappa shape index (κ3) is 1.54. The maximum atomic E-state index is 10.5. The minimum atomic E-state index is -0.501. The van der Waals surface area contributed by atoms with Crippen molar-refractivity contribution >= 4 is 27.3 Å². The molecule has 0 fully saturated rings. The third-order valence-corrected chi connectivity index (χ3v) is 1.96. The van der Waals surface area contributed by atoms with Crippen molar-refractivity contribution in [3.63, 3.8) is 0 Å². The number of hydrogen-bond acceptors (Lipinski definition) is 4. The normalized spacial score (nSPS) is 9.50. The lowest BCUT2D eigenvalue weighted by Crippen LogP contribution is -2.09. The first-order valence-corrected chi connectivity index (χ1v) is 3.85. The van der Waals surface area contributed by atoms with E-state index in [1.54, 1.807) is 12.1 Å². The number of rotatable bonds is 2. The van der Waals surface area contributed by atoms with Crippen LogP contribution < -0.4 is 11.3 Å². The molecule has 0 aromatic heterocycles. The van der Waals surface area contributed by atoms with E-state index in [0.29, 0.717) is 4.47 Å². The summed E-state index contributed by atoms with van der Waals surface area (Å²) in [5, 5.41) is 10.5. The van der Waals surface area contributed by atoms with Gasteiger partial charge in [0.05, 0.1) is 9.40 Å². The van der Waals surface area contributed by atoms with Crippen LogP contribution in [0.15, 0.2) is 22.7 Å². The van der Waals surface area contributed by atoms with Crippen molar-refractivity contribution in [2.45, 2.75) is 0 Å². The lowest BCUT2D eigenvalue weighted by Gasteiger charge is -2.01. The van der Waals surface area contributed by atoms with Gasteiger partial charge >= 0.3 is 5.69 Å². The molecular formula is C6H6BrN3O2. The highest BCUT2D eigenvalue weighted by atomic mass is 79.9. The molecule has 3 N–H and O–H groups in total. The Bertz CT molecular complexity index is 316. The van der Waals surface area contributed by atoms with E-state index in [-0.39, 0.29) is 11.4 Å². The highest BCUT2D eigenvalue weighted by Crippen LogP contribution is 2.31. The molecule has 0 saturated carbocycles. The van der Waals surface area contributed by atoms with Gasteiger partial charge in [0, 0.05) is 0 Å². The zero-order chi connectivity index (χ0) is 9.14. The largest absolute Gasteiger partial charge is 0.318 e. The summed E-state index contributed by atoms with van der Waals surface area (Å²) in [5.74, 6) is 5.08. The number of nitrogens with two attached hydrogens (primary N) is 1. The number of halogens is 1. The van der Waals surface area contributed by atoms with Gasteiger partial charge in [0.1, 0.15) is 5.69 Å². The van der Waals surface area contributed by atoms with Gasteiger partial charge in [-0.25, -0.2) is 0 Å². The van der Waals surface area contributed by atoms with Crippen molar-refractivity contribution in [1.82, 2.24) is 0 Å². The van der Waals surface area contributed by atoms with Crippen LogP contribution in [-0.4, -0.2) is 4.92 Å². The van der Waals surface area contributed by atoms with Crippen molar-refractivity contribution in [1.29, 1.82) is 0 Å². The van der Waals surface area contributed by atoms with E-state index in [0.717, 1.165) is 0 Å². The number of nitrogen functional groups attached to an aromatic ring is 1. The first kappa shape index (κ1) is 8.95. The fourth-order valence-electron chi connectivity index (χ4n) is 0.817. The Balaban J connectivity index is 3.29. The molecule has 0 amide bonds. The highest BCUT2D eigenvalue weighted by Gasteiger charge is 2.16. The van der Waals surface area contributed by atoms with Gasteiger partial charge in [0.25, 0.3) is 0 Å². The summed E-state index contributed by atoms with van der Waals surface area (Å²) in [6, 6.07) is 4.77. The summed E-state index contributed by atoms with van der Waals surface area (Å²) in [6.07, 6.45) is 0. The number of hydrazine groups is 1. The zero-order valence-corrected chi connectivity index (χ0v) is 7.54. The van der Waals surface area contributed by atoms with Crippen molar-refractivity contribution in [2.75, 3.05) is 5.43 Å². The molecule has 0 spiro atoms. The quantitative estimate of drug-likeness (QED) is 0.461. The Morgan fingerprint density at radius 1 is 1.58 bits per heavy atom. The molecule has 1 aromatic carbocycles. The molecule has 0 aliphatic heterocycles. The van der Waals surface area contributed by atoms with E-state index >= 15 is 0 Å². The molecule has 0 atom stereocenters. The molecule has 0 aliphatic carbocycles. The van der Waals surface area contributed by atoms with E-state index in [4.69, 9.17) is 5.84 Å². The smallest absolute Gasteiger partial charge is 0.307 e. The van der Waals surface area contributed by atoms with Crippen LogP contribution in [0.3, 0.4) is 0 Å². The van der Waals surface area contributed by atoms with Gasteiger partial charge in [-0.2, -0.15) is 0 Å². The van der Waals surface area contributed by atoms with Crippen LogP contribution in [0, 0.1) is 10.1 Å². The Labute approximate surface area is 76.8 Å². The Morgan fingerprint density at radius 2 is 2.25 bits per heavy atom. The number of nitro groups is 1. The maximum absolute atomic E-state index is 10.5. The summed E-state index contributed by atoms with van der Waals surface area (Å²) in [4.78, 5) is 9.98. The monoisotopic (exact) mass is 231 g/mol. The Kier molecular flexibility index (Phi) is 2.61. The van der Waals surface area contributed by atoms with Crippen molar-refractivity contribution in [3.8, 4) is 0 Å². The number of nitrogens with zero attached hydrogens (tertiary/aromatic N) is 1. The van der Waals surface area contributed by atoms with E-state index in [9.17, 15) is 10.1 Å². The highest BCUT2D eigenvalue weighted by molar-refractivity contribution is 9.10. The van der Waals surface area contributed by atoms with Gasteiger partial charge in [-0.15, -0.1) is 0 Å². The number of para-hydroxylation sites is 1. The fraction of sp³-hybridized carbons (Fsp3) is 0. The van der Waals surface area contributed by atoms with Crippen LogP contribution in [0.25, 0.3) is 0 Å². The predicted molar refractivity (Wildman–Crippen MR) is 48.6 cm³/mol. The predicted octanol–water partition coefficient (Wildman–Crippen LogP) is 1.64. The van der Waals surface area contributed by atoms with Crippen molar-refractivity contribution in [3.05, 3.63) is 32.8 Å². The maximum Gasteiger partial charge on any atom is 0.307 e. The second kappa shape index (κ2) is 3.51. The SMILES string of the molecule is NNc1cccc(Br)c1[N+](=O)[O-]. The van der Waals surface area contributed by atoms with E-state index in [1.807, 2.05) is 0 Å². The molecule has 1 aromatic rings. The van der Waals surface area contributed by atoms with Crippen LogP contribution in [-0.2, 0) is 0 Å². The van der Waals surface area contributed by atoms with Crippen LogP contribution in [0.4, 0.5) is 11.4 Å². The second-order valence-electron chi connectivity index (χ2n) is 2.04. The average molecular weight is 232 g/mol. The van der Waals surface area contributed by atoms with E-state index < -0.39 is 4.92 Å². The van der Waals surface area contributed by atoms with Crippen LogP contribution in [0.1, 0.15) is 0 Å². The van der Waals surface area contributed by atoms with Gasteiger partial charge in [-0.3, -0.25) is 16.0 Å². The summed E-state index contributed by atoms with van der Waals surface area (Å²) in [5.41, 5.74) is 2.48. The van der Waals surface area contributed by atoms with Gasteiger partial charge < -0.3 is 5.43 Å². The molecule has 6 heteroatoms. The third-order valence-electron chi connectivity index (χ3n) is 1.32. The lowest BCUT2D eigenvalue weighted by atomic mass is 10.3. The molecule has 0 saturated heterocycles. The Hall–Kier alpha value is -1.14. The minimum Gasteiger partial charge on any atom is -0.318 e. The number of benzene rings is 1. The molecular weight excluding hydrogens is 226 g/mol. The topological polar surface area (TPSA) is 81.2 Å². The number of hydrogen-bond donors (Lipinski definition) is 2. The lowest BCUT2D eigenvalue weighted by molar-refractivity contribution is -0.384. The first-order chi connectivity index (χ1) is 5.66. The van der Waals surface area contributed by atoms with Crippen LogP contribution >= 0.6 is 15.9 Å². The molecule has 0 radical (unpaired) electrons. The van der Waals surface area contributed by atoms with Crippen molar-refractivity contribution < 1.29 is 4.92 Å². The van der Waals surface area contributed by atoms with Crippen LogP contribution in [0.2, 0.25) is 0 Å². The number of nitro benzene ring substituents is 1. The van der Waals surface area contributed by atoms with Crippen molar-refractivity contribution in [2.24, 2.45) is 5.84 Å². The molecule has 1 rings (SSSR count). The van der Waals surface area contributed by atoms with E-state index in [2.05, 4.69) is 21.4 Å². The van der Waals surface area contributed by atoms with Gasteiger partial charge in [-0.05, 0) is 28.1 Å². The number of anilines is 1. The second-order valence-corrected chi connectivity index (χ2v) is 2.89. The Morgan fingerprint density at radius 3 is 2.67 bits per heavy atom. The summed E-state index contributed by atoms with van der Waals surface area (Å²) < 4.78 is 0.406. The molecule has 12 heavy (non-hydrogen) atoms. The molecule has 0 heterocycles. The van der Waals surface area contributed by atoms with Gasteiger partial charge in [0.15, 0.2) is 0 Å². The zero-order valence-electron chi connectivity index (χ0n) is 5.95. The standard InChI is InChI=1S/C6H6BrN3O2/c7-4-2-1-3-5(9-8)6(4)10(11)12/h1-3,9H,8H2. The molecule has 5 nitrogen and oxygen atoms in total. The summed E-state index contributed by atoms with van der Waals surface area (Å²) >= 11 is 3.05. The average Bonchev–Trinajstić information content (AvgIpc) is 2.03. The molecule has 0 aliphatic rings. The summed E-state index contributed by atoms with van der Waals surface area (Å²) in [6.45, 7) is 0. The van der Waals surface area contributed by atoms with Crippen LogP contribution in [0.5, 0.6) is 0 Å². The van der Waals surface area contributed by atoms with Gasteiger partial charge in [-0.1, -0.05) is 6.07 Å². The minimum absolute atomic E-state index is 0.0556. The number of nitrogens with one attached hydrogen (secondary N) is 1. The summed E-state index contributed by atoms with van der Waals surface area (Å²) in [7, 11) is 0. The molecule has 0 unspecified atom stereocenters. The van der Waals surface area contributed by atoms with Gasteiger partial charge in [0.2, 0.25) is 0 Å². The van der Waals surface area contributed by atoms with E-state index in [1.165, 1.54) is 6.07 Å². The molecule has 0 bridgehead atoms. The first-order valence-electron chi connectivity index (χ1n) is 3.06. The fourth-order valence-corrected chi connectivity index (χ4v) is 1.33. The molecule has 64 valence electrons.